The smallest absolute Gasteiger partial charge is 0.322 e. The molecule has 29 heavy (non-hydrogen) atoms. The number of nitrogens with one attached hydrogen (secondary N) is 1. The number of fused-ring (bicyclic) bond motifs is 1. The number of hydrogen-bond acceptors (Lipinski definition) is 4. The van der Waals surface area contributed by atoms with Crippen LogP contribution in [0, 0.1) is 5.92 Å². The Hall–Kier alpha value is -3.82. The summed E-state index contributed by atoms with van der Waals surface area (Å²) in [5.74, 6) is -2.24. The standard InChI is InChI=1S/C19H12F3N5O2/c20-19(21,22)16-14(18(29)26-11-4-7-23-8-5-11)10-25-27(16)15-3-1-2-13-12(15)6-9-24-17(13)28/h1-10,13H,(H,23,26,29). The topological polar surface area (TPSA) is 89.2 Å². The van der Waals surface area contributed by atoms with Gasteiger partial charge in [-0.15, -0.1) is 0 Å². The van der Waals surface area contributed by atoms with Gasteiger partial charge in [0.1, 0.15) is 0 Å². The number of hydrogen-bond donors (Lipinski definition) is 1. The molecule has 0 spiro atoms. The number of amides is 2. The van der Waals surface area contributed by atoms with E-state index in [1.54, 1.807) is 6.08 Å². The van der Waals surface area contributed by atoms with Crippen LogP contribution in [-0.4, -0.2) is 32.8 Å². The maximum absolute atomic E-state index is 13.9. The Morgan fingerprint density at radius 2 is 1.93 bits per heavy atom. The van der Waals surface area contributed by atoms with Crippen LogP contribution in [0.4, 0.5) is 18.9 Å². The number of anilines is 1. The van der Waals surface area contributed by atoms with E-state index in [0.29, 0.717) is 15.9 Å². The lowest BCUT2D eigenvalue weighted by Crippen LogP contribution is -2.25. The molecule has 0 saturated heterocycles. The Labute approximate surface area is 162 Å². The second kappa shape index (κ2) is 6.97. The number of halogens is 3. The summed E-state index contributed by atoms with van der Waals surface area (Å²) in [6.07, 6.45) is 5.89. The molecule has 1 atom stereocenters. The summed E-state index contributed by atoms with van der Waals surface area (Å²) >= 11 is 0. The zero-order valence-electron chi connectivity index (χ0n) is 14.6. The molecule has 1 aliphatic heterocycles. The van der Waals surface area contributed by atoms with Gasteiger partial charge < -0.3 is 5.32 Å². The minimum Gasteiger partial charge on any atom is -0.322 e. The molecule has 0 radical (unpaired) electrons. The molecule has 0 saturated carbocycles. The second-order valence-electron chi connectivity index (χ2n) is 6.16. The van der Waals surface area contributed by atoms with Crippen LogP contribution in [0.15, 0.2) is 65.6 Å². The Balaban J connectivity index is 1.78. The summed E-state index contributed by atoms with van der Waals surface area (Å²) < 4.78 is 42.3. The highest BCUT2D eigenvalue weighted by atomic mass is 19.4. The van der Waals surface area contributed by atoms with Crippen LogP contribution in [0.1, 0.15) is 16.1 Å². The molecule has 2 aliphatic rings. The van der Waals surface area contributed by atoms with Gasteiger partial charge in [-0.1, -0.05) is 12.2 Å². The molecule has 4 rings (SSSR count). The first kappa shape index (κ1) is 18.5. The summed E-state index contributed by atoms with van der Waals surface area (Å²) in [6, 6.07) is 2.90. The normalized spacial score (nSPS) is 18.2. The first-order chi connectivity index (χ1) is 13.9. The van der Waals surface area contributed by atoms with E-state index in [1.165, 1.54) is 49.0 Å². The van der Waals surface area contributed by atoms with Gasteiger partial charge in [0.05, 0.1) is 23.4 Å². The van der Waals surface area contributed by atoms with Gasteiger partial charge in [0, 0.05) is 24.3 Å². The van der Waals surface area contributed by atoms with Crippen molar-refractivity contribution in [1.82, 2.24) is 14.8 Å². The predicted octanol–water partition coefficient (Wildman–Crippen LogP) is 3.11. The Kier molecular flexibility index (Phi) is 4.45. The number of nitrogens with zero attached hydrogens (tertiary/aromatic N) is 4. The number of allylic oxidation sites excluding steroid dienone is 4. The maximum Gasteiger partial charge on any atom is 0.434 e. The van der Waals surface area contributed by atoms with Gasteiger partial charge in [-0.25, -0.2) is 9.67 Å². The molecule has 0 fully saturated rings. The fraction of sp³-hybridized carbons (Fsp3) is 0.105. The molecule has 3 heterocycles. The summed E-state index contributed by atoms with van der Waals surface area (Å²) in [5.41, 5.74) is -1.21. The van der Waals surface area contributed by atoms with Crippen molar-refractivity contribution >= 4 is 29.4 Å². The van der Waals surface area contributed by atoms with E-state index in [9.17, 15) is 22.8 Å². The van der Waals surface area contributed by atoms with Crippen LogP contribution in [0.3, 0.4) is 0 Å². The minimum atomic E-state index is -4.87. The fourth-order valence-electron chi connectivity index (χ4n) is 3.09. The van der Waals surface area contributed by atoms with Gasteiger partial charge in [0.2, 0.25) is 0 Å². The number of alkyl halides is 3. The number of aromatic nitrogens is 3. The summed E-state index contributed by atoms with van der Waals surface area (Å²) in [5, 5.41) is 6.20. The highest BCUT2D eigenvalue weighted by Crippen LogP contribution is 2.38. The molecule has 1 unspecified atom stereocenters. The Morgan fingerprint density at radius 1 is 1.17 bits per heavy atom. The third-order valence-electron chi connectivity index (χ3n) is 4.36. The monoisotopic (exact) mass is 399 g/mol. The van der Waals surface area contributed by atoms with E-state index in [-0.39, 0.29) is 5.70 Å². The number of pyridine rings is 1. The van der Waals surface area contributed by atoms with Crippen LogP contribution < -0.4 is 5.32 Å². The van der Waals surface area contributed by atoms with Gasteiger partial charge in [0.15, 0.2) is 5.69 Å². The number of dihydropyridines is 1. The molecule has 1 N–H and O–H groups in total. The fourth-order valence-corrected chi connectivity index (χ4v) is 3.09. The first-order valence-electron chi connectivity index (χ1n) is 8.40. The van der Waals surface area contributed by atoms with Gasteiger partial charge in [-0.2, -0.15) is 18.3 Å². The summed E-state index contributed by atoms with van der Waals surface area (Å²) in [4.78, 5) is 31.9. The van der Waals surface area contributed by atoms with Crippen molar-refractivity contribution in [3.63, 3.8) is 0 Å². The van der Waals surface area contributed by atoms with Gasteiger partial charge in [0.25, 0.3) is 11.8 Å². The molecular weight excluding hydrogens is 387 g/mol. The average molecular weight is 399 g/mol. The summed E-state index contributed by atoms with van der Waals surface area (Å²) in [6.45, 7) is 0. The molecule has 2 aromatic rings. The van der Waals surface area contributed by atoms with Crippen LogP contribution in [-0.2, 0) is 11.0 Å². The number of aliphatic imine (C=N–C) groups is 1. The minimum absolute atomic E-state index is 0.0484. The quantitative estimate of drug-likeness (QED) is 0.859. The average Bonchev–Trinajstić information content (AvgIpc) is 3.14. The van der Waals surface area contributed by atoms with Crippen molar-refractivity contribution in [3.8, 4) is 0 Å². The van der Waals surface area contributed by atoms with Gasteiger partial charge in [-0.05, 0) is 29.9 Å². The number of rotatable bonds is 3. The first-order valence-corrected chi connectivity index (χ1v) is 8.40. The third kappa shape index (κ3) is 3.40. The molecule has 2 aromatic heterocycles. The molecule has 2 amide bonds. The van der Waals surface area contributed by atoms with Crippen molar-refractivity contribution in [2.24, 2.45) is 10.9 Å². The Morgan fingerprint density at radius 3 is 2.66 bits per heavy atom. The number of carbonyl (C=O) groups excluding carboxylic acids is 2. The van der Waals surface area contributed by atoms with Gasteiger partial charge >= 0.3 is 6.18 Å². The van der Waals surface area contributed by atoms with E-state index in [4.69, 9.17) is 0 Å². The molecule has 10 heteroatoms. The molecule has 0 aromatic carbocycles. The maximum atomic E-state index is 13.9. The van der Waals surface area contributed by atoms with Crippen molar-refractivity contribution in [2.75, 3.05) is 5.32 Å². The zero-order valence-corrected chi connectivity index (χ0v) is 14.6. The largest absolute Gasteiger partial charge is 0.434 e. The molecule has 0 bridgehead atoms. The molecule has 7 nitrogen and oxygen atoms in total. The van der Waals surface area contributed by atoms with Crippen molar-refractivity contribution in [1.29, 1.82) is 0 Å². The second-order valence-corrected chi connectivity index (χ2v) is 6.16. The third-order valence-corrected chi connectivity index (χ3v) is 4.36. The lowest BCUT2D eigenvalue weighted by molar-refractivity contribution is -0.143. The summed E-state index contributed by atoms with van der Waals surface area (Å²) in [7, 11) is 0. The van der Waals surface area contributed by atoms with Gasteiger partial charge in [-0.3, -0.25) is 14.6 Å². The highest BCUT2D eigenvalue weighted by molar-refractivity contribution is 6.06. The SMILES string of the molecule is O=C(Nc1ccncc1)c1cnn(C2=CC=CC3C(=O)N=CC=C23)c1C(F)(F)F. The van der Waals surface area contributed by atoms with Crippen LogP contribution in [0.25, 0.3) is 5.70 Å². The van der Waals surface area contributed by atoms with E-state index in [0.717, 1.165) is 6.20 Å². The molecular formula is C19H12F3N5O2. The van der Waals surface area contributed by atoms with Crippen LogP contribution in [0.2, 0.25) is 0 Å². The van der Waals surface area contributed by atoms with E-state index < -0.39 is 35.2 Å². The van der Waals surface area contributed by atoms with E-state index in [1.807, 2.05) is 0 Å². The highest BCUT2D eigenvalue weighted by Gasteiger charge is 2.42. The zero-order chi connectivity index (χ0) is 20.6. The Bertz CT molecular complexity index is 1110. The van der Waals surface area contributed by atoms with Crippen LogP contribution >= 0.6 is 0 Å². The lowest BCUT2D eigenvalue weighted by atomic mass is 9.89. The molecule has 1 aliphatic carbocycles. The predicted molar refractivity (Wildman–Crippen MR) is 97.9 cm³/mol. The van der Waals surface area contributed by atoms with Crippen LogP contribution in [0.5, 0.6) is 0 Å². The number of carbonyl (C=O) groups is 2. The lowest BCUT2D eigenvalue weighted by Gasteiger charge is -2.23. The van der Waals surface area contributed by atoms with Crippen molar-refractivity contribution in [3.05, 3.63) is 71.9 Å². The van der Waals surface area contributed by atoms with Crippen molar-refractivity contribution in [2.45, 2.75) is 6.18 Å². The van der Waals surface area contributed by atoms with E-state index >= 15 is 0 Å². The van der Waals surface area contributed by atoms with Crippen molar-refractivity contribution < 1.29 is 22.8 Å². The van der Waals surface area contributed by atoms with E-state index in [2.05, 4.69) is 20.4 Å². The molecule has 146 valence electrons.